The van der Waals surface area contributed by atoms with Crippen molar-refractivity contribution in [1.29, 1.82) is 0 Å². The Morgan fingerprint density at radius 2 is 0.676 bits per heavy atom. The van der Waals surface area contributed by atoms with Crippen molar-refractivity contribution in [2.24, 2.45) is 0 Å². The molecule has 30 nitrogen and oxygen atoms in total. The molecule has 0 radical (unpaired) electrons. The van der Waals surface area contributed by atoms with Crippen LogP contribution in [0.3, 0.4) is 0 Å². The lowest BCUT2D eigenvalue weighted by Gasteiger charge is -2.53. The molecule has 818 valence electrons. The summed E-state index contributed by atoms with van der Waals surface area (Å²) in [5, 5.41) is 56.0. The number of carboxylic acid groups (broad SMARTS) is 4. The number of benzene rings is 5. The summed E-state index contributed by atoms with van der Waals surface area (Å²) in [4.78, 5) is 71.3. The van der Waals surface area contributed by atoms with Gasteiger partial charge in [-0.15, -0.1) is 0 Å². The number of anilines is 2. The first kappa shape index (κ1) is 130. The Bertz CT molecular complexity index is 5260. The van der Waals surface area contributed by atoms with E-state index in [-0.39, 0.29) is 88.6 Å². The van der Waals surface area contributed by atoms with Crippen molar-refractivity contribution in [3.63, 3.8) is 0 Å². The lowest BCUT2D eigenvalue weighted by atomic mass is 9.83. The first-order chi connectivity index (χ1) is 66.2. The third-order valence-corrected chi connectivity index (χ3v) is 32.3. The van der Waals surface area contributed by atoms with Crippen LogP contribution < -0.4 is 34.8 Å². The highest BCUT2D eigenvalue weighted by molar-refractivity contribution is 7.91. The van der Waals surface area contributed by atoms with Gasteiger partial charge in [0.05, 0.1) is 186 Å². The molecule has 6 heterocycles. The molecule has 5 aromatic carbocycles. The highest BCUT2D eigenvalue weighted by atomic mass is 32.2. The summed E-state index contributed by atoms with van der Waals surface area (Å²) in [6, 6.07) is 42.9. The van der Waals surface area contributed by atoms with Crippen LogP contribution in [0.4, 0.5) is 16.2 Å². The summed E-state index contributed by atoms with van der Waals surface area (Å²) < 4.78 is 97.5. The van der Waals surface area contributed by atoms with Crippen molar-refractivity contribution < 1.29 is 106 Å². The molecule has 145 heavy (non-hydrogen) atoms. The van der Waals surface area contributed by atoms with E-state index in [9.17, 15) is 79.6 Å². The number of nitrogens with one attached hydrogen (secondary N) is 7. The van der Waals surface area contributed by atoms with Gasteiger partial charge in [-0.05, 0) is 172 Å². The van der Waals surface area contributed by atoms with E-state index < -0.39 is 81.8 Å². The largest absolute Gasteiger partial charge is 0.513 e. The predicted octanol–water partition coefficient (Wildman–Crippen LogP) is 19.2. The number of aliphatic hydroxyl groups is 1. The number of likely N-dealkylation sites (tertiary alicyclic amines) is 5. The SMILES string of the molecule is C=C(O)CC1(NC(=O)Nc2ccc(CCCCCCCC)cc2)C[N+](C)(C)C1.CCCCCCCCc1ccc(NS(=O)(=O)NC2(CC(=O)O)CCC[N+](C)(C)C2)cc1.CCCCCc1ccc(S(=O)(=O)NC2(CC(=O)O)CCC[N+](C)(C)C2)cc1.CCCCCc1ccc(S(=O)(=O)NC2(CC(=O)O)CC[N+](C)(C)CC2)cc1.C[N+]1(C)CCC(CC(=O)O)(NC(=O)c2ccc(CCc3ccccc3)o2)CC1.[CH3-].[CH3-].[CH3-].[CH3-]. The summed E-state index contributed by atoms with van der Waals surface area (Å²) >= 11 is 0. The van der Waals surface area contributed by atoms with Gasteiger partial charge < -0.3 is 98.0 Å². The van der Waals surface area contributed by atoms with E-state index in [2.05, 4.69) is 136 Å². The standard InChI is InChI=1S/C23H39N3O4S.C23H37N3O2.C22H28N2O4.2C20H32N2O4S.4CH3/c1-4-5-6-7-8-9-11-20-12-14-21(15-13-20)24-31(29,30)25-23(18-22(27)28)16-10-17-26(2,3)19-23;1-5-6-7-8-9-10-11-20-12-14-21(15-13-20)24-22(28)25-23(16-19(2)27)17-26(3,4)18-23;1-24(2)14-12-22(13-15-24,16-20(25)26)23-21(27)19-11-10-18(28-19)9-8-17-6-4-3-5-7-17;1-4-5-6-8-17-9-11-18(12-10-17)27(25,26)21-20(15-19(23)24)13-7-14-22(2,3)16-20;1-4-5-6-7-17-8-10-18(11-9-17)27(25,26)21-20(16-19(23)24)12-14-22(2,3)15-13-20;;;;/h12-15,24-25H,4-11,16-19H2,1-3H3;12-15H,2,5-11,16-18H2,1,3-4H3,(H2-,24,25,27,28);3-7,10-11H,8-9,12-16H2,1-2H3,(H-,23,25,26,27);9-12,21H,4-8,13-16H2,1-3H3;8-11,21H,4-7,12-16H2,1-3H3;4*1H3/q;;;;;4*-1/p+5. The monoisotopic (exact) mass is 2080 g/mol. The minimum absolute atomic E-state index is 0. The molecule has 2 unspecified atom stereocenters. The zero-order chi connectivity index (χ0) is 104. The number of furan rings is 1. The van der Waals surface area contributed by atoms with Crippen molar-refractivity contribution in [3.05, 3.63) is 221 Å². The highest BCUT2D eigenvalue weighted by Crippen LogP contribution is 2.37. The number of quaternary nitrogens is 5. The number of hydrogen-bond acceptors (Lipinski definition) is 14. The van der Waals surface area contributed by atoms with Gasteiger partial charge in [-0.2, -0.15) is 17.9 Å². The van der Waals surface area contributed by atoms with E-state index >= 15 is 0 Å². The van der Waals surface area contributed by atoms with Crippen molar-refractivity contribution in [3.8, 4) is 0 Å². The lowest BCUT2D eigenvalue weighted by Crippen LogP contribution is -2.76. The predicted molar refractivity (Wildman–Crippen MR) is 586 cm³/mol. The number of piperidine rings is 4. The van der Waals surface area contributed by atoms with Gasteiger partial charge in [0.1, 0.15) is 24.4 Å². The van der Waals surface area contributed by atoms with Gasteiger partial charge >= 0.3 is 29.9 Å². The summed E-state index contributed by atoms with van der Waals surface area (Å²) in [5.41, 5.74) is 3.25. The van der Waals surface area contributed by atoms with Gasteiger partial charge in [0.25, 0.3) is 16.1 Å². The molecule has 12 N–H and O–H groups in total. The quantitative estimate of drug-likeness (QED) is 0.00730. The minimum Gasteiger partial charge on any atom is -0.513 e. The Balaban J connectivity index is 0.000000463. The zero-order valence-electron chi connectivity index (χ0n) is 91.2. The summed E-state index contributed by atoms with van der Waals surface area (Å²) in [7, 11) is 9.20. The fourth-order valence-electron chi connectivity index (χ4n) is 20.7. The van der Waals surface area contributed by atoms with Crippen LogP contribution in [-0.2, 0) is 88.0 Å². The second-order valence-electron chi connectivity index (χ2n) is 44.1. The number of urea groups is 1. The van der Waals surface area contributed by atoms with Crippen LogP contribution in [-0.4, -0.2) is 273 Å². The van der Waals surface area contributed by atoms with Crippen molar-refractivity contribution >= 4 is 77.4 Å². The van der Waals surface area contributed by atoms with Crippen LogP contribution >= 0.6 is 0 Å². The molecule has 6 aromatic rings. The molecule has 0 saturated carbocycles. The summed E-state index contributed by atoms with van der Waals surface area (Å²) in [6.07, 6.45) is 32.2. The van der Waals surface area contributed by atoms with Crippen LogP contribution in [0.25, 0.3) is 0 Å². The van der Waals surface area contributed by atoms with Crippen LogP contribution in [0.2, 0.25) is 0 Å². The molecule has 0 aliphatic carbocycles. The van der Waals surface area contributed by atoms with Gasteiger partial charge in [0.2, 0.25) is 20.0 Å². The molecule has 5 aliphatic heterocycles. The Morgan fingerprint density at radius 1 is 0.338 bits per heavy atom. The van der Waals surface area contributed by atoms with Crippen molar-refractivity contribution in [2.45, 2.75) is 303 Å². The van der Waals surface area contributed by atoms with Gasteiger partial charge in [-0.25, -0.2) is 26.4 Å². The van der Waals surface area contributed by atoms with Gasteiger partial charge in [0, 0.05) is 49.9 Å². The number of likely N-dealkylation sites (N-methyl/N-ethyl adjacent to an activating group) is 3. The number of aliphatic hydroxyl groups excluding tert-OH is 1. The molecule has 1 aromatic heterocycles. The zero-order valence-corrected chi connectivity index (χ0v) is 93.7. The maximum atomic E-state index is 13.0. The van der Waals surface area contributed by atoms with Crippen LogP contribution in [0.15, 0.2) is 166 Å². The third kappa shape index (κ3) is 47.1. The van der Waals surface area contributed by atoms with E-state index in [0.717, 1.165) is 178 Å². The highest BCUT2D eigenvalue weighted by Gasteiger charge is 2.54. The Labute approximate surface area is 872 Å². The number of hydrogen-bond donors (Lipinski definition) is 12. The number of carbonyl (C=O) groups excluding carboxylic acids is 2. The van der Waals surface area contributed by atoms with E-state index in [0.29, 0.717) is 79.1 Å². The molecule has 0 spiro atoms. The van der Waals surface area contributed by atoms with Gasteiger partial charge in [-0.1, -0.05) is 203 Å². The topological polar surface area (TPSA) is 403 Å². The van der Waals surface area contributed by atoms with Crippen molar-refractivity contribution in [1.82, 2.24) is 24.8 Å². The number of aliphatic carboxylic acids is 4. The average molecular weight is 2080 g/mol. The molecule has 2 atom stereocenters. The van der Waals surface area contributed by atoms with E-state index in [1.54, 1.807) is 42.5 Å². The molecular formula is C112H185N12O18S3+. The van der Waals surface area contributed by atoms with E-state index in [1.807, 2.05) is 101 Å². The molecular weight excluding hydrogens is 1900 g/mol. The maximum absolute atomic E-state index is 13.0. The van der Waals surface area contributed by atoms with Crippen LogP contribution in [0, 0.1) is 29.7 Å². The second-order valence-corrected chi connectivity index (χ2v) is 48.9. The summed E-state index contributed by atoms with van der Waals surface area (Å²) in [6.45, 7) is 19.8. The Kier molecular flexibility index (Phi) is 53.7. The molecule has 11 rings (SSSR count). The molecule has 5 saturated heterocycles. The number of unbranched alkanes of at least 4 members (excludes halogenated alkanes) is 14. The maximum Gasteiger partial charge on any atom is 0.320 e. The first-order valence-corrected chi connectivity index (χ1v) is 55.8. The fraction of sp³-hybridized carbons (Fsp3) is 0.589. The molecule has 5 fully saturated rings. The number of carbonyl (C=O) groups is 6. The number of carboxylic acids is 4. The smallest absolute Gasteiger partial charge is 0.320 e. The third-order valence-electron chi connectivity index (χ3n) is 27.9. The second kappa shape index (κ2) is 59.9. The normalized spacial score (nSPS) is 18.9. The number of nitrogens with zero attached hydrogens (tertiary/aromatic N) is 5. The van der Waals surface area contributed by atoms with Crippen molar-refractivity contribution in [2.75, 3.05) is 146 Å². The van der Waals surface area contributed by atoms with E-state index in [4.69, 9.17) is 4.42 Å². The van der Waals surface area contributed by atoms with Gasteiger partial charge in [-0.3, -0.25) is 28.7 Å². The van der Waals surface area contributed by atoms with Gasteiger partial charge in [0.15, 0.2) is 5.76 Å². The molecule has 0 bridgehead atoms. The number of aryl methyl sites for hydroxylation is 6. The minimum atomic E-state index is -3.90. The molecule has 3 amide bonds. The van der Waals surface area contributed by atoms with Crippen LogP contribution in [0.5, 0.6) is 0 Å². The number of rotatable bonds is 49. The first-order valence-electron chi connectivity index (χ1n) is 51.3. The lowest BCUT2D eigenvalue weighted by molar-refractivity contribution is -0.940. The molecule has 5 aliphatic rings. The fourth-order valence-corrected chi connectivity index (χ4v) is 24.9. The van der Waals surface area contributed by atoms with Crippen LogP contribution in [0.1, 0.15) is 271 Å². The Hall–Kier alpha value is -9.13. The average Bonchev–Trinajstić information content (AvgIpc) is 0.986. The number of amides is 3. The molecule has 33 heteroatoms. The summed E-state index contributed by atoms with van der Waals surface area (Å²) in [5.74, 6) is -3.07. The van der Waals surface area contributed by atoms with E-state index in [1.165, 1.54) is 87.3 Å². The number of sulfonamides is 2. The Morgan fingerprint density at radius 3 is 1.07 bits per heavy atom.